The molecule has 0 aliphatic carbocycles. The molecule has 0 fully saturated rings. The monoisotopic (exact) mass is 753 g/mol. The number of hydrogen-bond donors (Lipinski definition) is 0. The van der Waals surface area contributed by atoms with E-state index in [1.807, 2.05) is 0 Å². The van der Waals surface area contributed by atoms with Gasteiger partial charge in [-0.3, -0.25) is 0 Å². The maximum atomic E-state index is 2.41. The van der Waals surface area contributed by atoms with Crippen molar-refractivity contribution in [2.75, 3.05) is 4.90 Å². The van der Waals surface area contributed by atoms with Gasteiger partial charge in [0.25, 0.3) is 0 Å². The molecule has 9 aromatic carbocycles. The summed E-state index contributed by atoms with van der Waals surface area (Å²) in [7, 11) is 0. The molecule has 0 radical (unpaired) electrons. The van der Waals surface area contributed by atoms with Crippen molar-refractivity contribution in [3.8, 4) is 44.8 Å². The van der Waals surface area contributed by atoms with Crippen LogP contribution >= 0.6 is 0 Å². The largest absolute Gasteiger partial charge is 0.316 e. The topological polar surface area (TPSA) is 13.1 Å². The highest BCUT2D eigenvalue weighted by Gasteiger charge is 2.18. The Morgan fingerprint density at radius 2 is 0.712 bits per heavy atom. The minimum absolute atomic E-state index is 1.10. The van der Waals surface area contributed by atoms with Crippen molar-refractivity contribution >= 4 is 49.8 Å². The zero-order valence-electron chi connectivity index (χ0n) is 32.4. The Morgan fingerprint density at radius 3 is 1.24 bits per heavy atom. The first-order valence-corrected chi connectivity index (χ1v) is 20.2. The maximum absolute atomic E-state index is 2.41. The summed E-state index contributed by atoms with van der Waals surface area (Å²) >= 11 is 0. The molecule has 0 unspecified atom stereocenters. The number of hydrogen-bond acceptors (Lipinski definition) is 1. The third kappa shape index (κ3) is 6.26. The van der Waals surface area contributed by atoms with Gasteiger partial charge in [0, 0.05) is 50.8 Å². The highest BCUT2D eigenvalue weighted by Crippen LogP contribution is 2.40. The average Bonchev–Trinajstić information content (AvgIpc) is 3.88. The molecule has 0 bridgehead atoms. The van der Waals surface area contributed by atoms with Crippen LogP contribution in [-0.2, 0) is 0 Å². The third-order valence-electron chi connectivity index (χ3n) is 11.5. The molecule has 0 N–H and O–H groups in total. The molecular formula is C56H39N3. The van der Waals surface area contributed by atoms with Crippen molar-refractivity contribution in [2.24, 2.45) is 0 Å². The van der Waals surface area contributed by atoms with Crippen LogP contribution in [-0.4, -0.2) is 9.13 Å². The Morgan fingerprint density at radius 1 is 0.288 bits per heavy atom. The molecule has 0 aliphatic rings. The van der Waals surface area contributed by atoms with E-state index in [1.165, 1.54) is 66.1 Å². The maximum Gasteiger partial charge on any atom is 0.0562 e. The van der Waals surface area contributed by atoms with Gasteiger partial charge in [-0.05, 0) is 124 Å². The van der Waals surface area contributed by atoms with Gasteiger partial charge in [0.1, 0.15) is 0 Å². The Balaban J connectivity index is 1.00. The summed E-state index contributed by atoms with van der Waals surface area (Å²) in [5.74, 6) is 0. The number of para-hydroxylation sites is 2. The first-order chi connectivity index (χ1) is 29.2. The second kappa shape index (κ2) is 14.6. The summed E-state index contributed by atoms with van der Waals surface area (Å²) in [4.78, 5) is 2.34. The van der Waals surface area contributed by atoms with E-state index in [0.717, 1.165) is 28.4 Å². The normalized spacial score (nSPS) is 11.4. The second-order valence-electron chi connectivity index (χ2n) is 15.1. The smallest absolute Gasteiger partial charge is 0.0562 e. The number of fused-ring (bicyclic) bond motifs is 4. The van der Waals surface area contributed by atoms with E-state index in [0.29, 0.717) is 0 Å². The van der Waals surface area contributed by atoms with Crippen molar-refractivity contribution < 1.29 is 0 Å². The standard InChI is InChI=1S/C56H39N3/c1-5-13-40(14-6-1)42-21-28-49(29-22-42)58(50-30-23-43(24-31-50)41-15-7-2-8-16-41)51-32-25-44(26-33-51)45-27-34-54-52(37-45)53-38-46-35-36-57(47-17-9-3-10-18-47)55(46)39-56(53)59(54)48-19-11-4-12-20-48/h1-39H. The van der Waals surface area contributed by atoms with Crippen LogP contribution in [0.5, 0.6) is 0 Å². The van der Waals surface area contributed by atoms with Crippen LogP contribution in [0.25, 0.3) is 77.5 Å². The summed E-state index contributed by atoms with van der Waals surface area (Å²) in [5.41, 5.74) is 16.3. The number of aromatic nitrogens is 2. The van der Waals surface area contributed by atoms with Crippen molar-refractivity contribution in [1.29, 1.82) is 0 Å². The minimum atomic E-state index is 1.10. The molecule has 278 valence electrons. The SMILES string of the molecule is c1ccc(-c2ccc(N(c3ccc(-c4ccccc4)cc3)c3ccc(-c4ccc5c(c4)c4cc6ccn(-c7ccccc7)c6cc4n5-c4ccccc4)cc3)cc2)cc1. The Kier molecular flexibility index (Phi) is 8.49. The lowest BCUT2D eigenvalue weighted by atomic mass is 10.0. The summed E-state index contributed by atoms with van der Waals surface area (Å²) in [5, 5.41) is 3.69. The zero-order chi connectivity index (χ0) is 39.1. The van der Waals surface area contributed by atoms with Gasteiger partial charge < -0.3 is 14.0 Å². The minimum Gasteiger partial charge on any atom is -0.316 e. The fraction of sp³-hybridized carbons (Fsp3) is 0. The molecule has 0 spiro atoms. The van der Waals surface area contributed by atoms with Gasteiger partial charge in [0.05, 0.1) is 16.6 Å². The van der Waals surface area contributed by atoms with Crippen LogP contribution in [0, 0.1) is 0 Å². The predicted octanol–water partition coefficient (Wildman–Crippen LogP) is 15.2. The Labute approximate surface area is 343 Å². The van der Waals surface area contributed by atoms with Crippen LogP contribution < -0.4 is 4.90 Å². The molecule has 0 saturated carbocycles. The highest BCUT2D eigenvalue weighted by atomic mass is 15.1. The quantitative estimate of drug-likeness (QED) is 0.151. The molecule has 3 nitrogen and oxygen atoms in total. The van der Waals surface area contributed by atoms with Gasteiger partial charge in [-0.15, -0.1) is 0 Å². The van der Waals surface area contributed by atoms with Crippen molar-refractivity contribution in [1.82, 2.24) is 9.13 Å². The molecule has 3 heteroatoms. The number of rotatable bonds is 8. The van der Waals surface area contributed by atoms with Crippen molar-refractivity contribution in [3.63, 3.8) is 0 Å². The van der Waals surface area contributed by atoms with Crippen molar-refractivity contribution in [2.45, 2.75) is 0 Å². The second-order valence-corrected chi connectivity index (χ2v) is 15.1. The summed E-state index contributed by atoms with van der Waals surface area (Å²) < 4.78 is 4.69. The molecular weight excluding hydrogens is 715 g/mol. The van der Waals surface area contributed by atoms with Gasteiger partial charge in [-0.1, -0.05) is 140 Å². The van der Waals surface area contributed by atoms with E-state index in [2.05, 4.69) is 251 Å². The lowest BCUT2D eigenvalue weighted by Crippen LogP contribution is -2.09. The molecule has 0 atom stereocenters. The zero-order valence-corrected chi connectivity index (χ0v) is 32.4. The Bertz CT molecular complexity index is 3120. The summed E-state index contributed by atoms with van der Waals surface area (Å²) in [6.07, 6.45) is 2.18. The predicted molar refractivity (Wildman–Crippen MR) is 249 cm³/mol. The first kappa shape index (κ1) is 34.4. The third-order valence-corrected chi connectivity index (χ3v) is 11.5. The highest BCUT2D eigenvalue weighted by molar-refractivity contribution is 6.14. The van der Waals surface area contributed by atoms with E-state index in [-0.39, 0.29) is 0 Å². The first-order valence-electron chi connectivity index (χ1n) is 20.2. The fourth-order valence-electron chi connectivity index (χ4n) is 8.61. The van der Waals surface area contributed by atoms with Gasteiger partial charge in [-0.25, -0.2) is 0 Å². The molecule has 11 aromatic rings. The summed E-state index contributed by atoms with van der Waals surface area (Å²) in [6, 6.07) is 83.1. The van der Waals surface area contributed by atoms with E-state index in [9.17, 15) is 0 Å². The van der Waals surface area contributed by atoms with Crippen LogP contribution in [0.15, 0.2) is 237 Å². The van der Waals surface area contributed by atoms with Gasteiger partial charge in [-0.2, -0.15) is 0 Å². The van der Waals surface area contributed by atoms with E-state index < -0.39 is 0 Å². The molecule has 0 saturated heterocycles. The van der Waals surface area contributed by atoms with Crippen LogP contribution in [0.2, 0.25) is 0 Å². The molecule has 2 heterocycles. The lowest BCUT2D eigenvalue weighted by Gasteiger charge is -2.26. The van der Waals surface area contributed by atoms with E-state index in [1.54, 1.807) is 0 Å². The van der Waals surface area contributed by atoms with Crippen molar-refractivity contribution in [3.05, 3.63) is 237 Å². The van der Waals surface area contributed by atoms with Gasteiger partial charge in [0.15, 0.2) is 0 Å². The molecule has 0 aliphatic heterocycles. The lowest BCUT2D eigenvalue weighted by molar-refractivity contribution is 1.12. The van der Waals surface area contributed by atoms with E-state index >= 15 is 0 Å². The van der Waals surface area contributed by atoms with Crippen LogP contribution in [0.4, 0.5) is 17.1 Å². The molecule has 0 amide bonds. The number of benzene rings is 9. The average molecular weight is 754 g/mol. The number of anilines is 3. The Hall–Kier alpha value is -7.88. The van der Waals surface area contributed by atoms with Crippen LogP contribution in [0.1, 0.15) is 0 Å². The van der Waals surface area contributed by atoms with E-state index in [4.69, 9.17) is 0 Å². The number of nitrogens with zero attached hydrogens (tertiary/aromatic N) is 3. The van der Waals surface area contributed by atoms with Gasteiger partial charge >= 0.3 is 0 Å². The van der Waals surface area contributed by atoms with Crippen LogP contribution in [0.3, 0.4) is 0 Å². The molecule has 59 heavy (non-hydrogen) atoms. The molecule has 11 rings (SSSR count). The van der Waals surface area contributed by atoms with Gasteiger partial charge in [0.2, 0.25) is 0 Å². The fourth-order valence-corrected chi connectivity index (χ4v) is 8.61. The molecule has 2 aromatic heterocycles. The summed E-state index contributed by atoms with van der Waals surface area (Å²) in [6.45, 7) is 0.